The van der Waals surface area contributed by atoms with Crippen molar-refractivity contribution < 1.29 is 4.42 Å². The van der Waals surface area contributed by atoms with Crippen molar-refractivity contribution in [2.75, 3.05) is 5.73 Å². The molecule has 2 aliphatic rings. The summed E-state index contributed by atoms with van der Waals surface area (Å²) in [5.41, 5.74) is 20.8. The molecule has 0 amide bonds. The van der Waals surface area contributed by atoms with Gasteiger partial charge in [-0.3, -0.25) is 5.41 Å². The highest BCUT2D eigenvalue weighted by Gasteiger charge is 2.22. The molecular weight excluding hydrogens is 647 g/mol. The first-order valence-electron chi connectivity index (χ1n) is 18.2. The predicted molar refractivity (Wildman–Crippen MR) is 225 cm³/mol. The van der Waals surface area contributed by atoms with Gasteiger partial charge in [0.15, 0.2) is 0 Å². The van der Waals surface area contributed by atoms with Gasteiger partial charge in [0.25, 0.3) is 0 Å². The van der Waals surface area contributed by atoms with Crippen molar-refractivity contribution in [3.63, 3.8) is 0 Å². The van der Waals surface area contributed by atoms with Crippen molar-refractivity contribution in [1.29, 1.82) is 5.41 Å². The number of nitrogens with zero attached hydrogens (tertiary/aromatic N) is 1. The van der Waals surface area contributed by atoms with Crippen LogP contribution in [0, 0.1) is 12.3 Å². The van der Waals surface area contributed by atoms with Crippen LogP contribution in [0.25, 0.3) is 67.0 Å². The Morgan fingerprint density at radius 3 is 2.32 bits per heavy atom. The number of furan rings is 1. The lowest BCUT2D eigenvalue weighted by Crippen LogP contribution is -2.13. The molecule has 0 fully saturated rings. The average Bonchev–Trinajstić information content (AvgIpc) is 3.84. The molecule has 0 radical (unpaired) electrons. The van der Waals surface area contributed by atoms with Crippen LogP contribution in [0.1, 0.15) is 40.8 Å². The molecule has 53 heavy (non-hydrogen) atoms. The predicted octanol–water partition coefficient (Wildman–Crippen LogP) is 12.6. The molecule has 256 valence electrons. The van der Waals surface area contributed by atoms with Gasteiger partial charge in [0.05, 0.1) is 11.8 Å². The van der Waals surface area contributed by atoms with E-state index in [0.29, 0.717) is 11.4 Å². The molecule has 6 aromatic carbocycles. The first-order chi connectivity index (χ1) is 26.0. The van der Waals surface area contributed by atoms with Crippen LogP contribution in [0.5, 0.6) is 0 Å². The van der Waals surface area contributed by atoms with E-state index in [1.165, 1.54) is 49.6 Å². The van der Waals surface area contributed by atoms with Gasteiger partial charge in [0, 0.05) is 49.4 Å². The largest absolute Gasteiger partial charge is 0.456 e. The van der Waals surface area contributed by atoms with Crippen molar-refractivity contribution in [2.24, 2.45) is 0 Å². The van der Waals surface area contributed by atoms with Crippen LogP contribution < -0.4 is 5.73 Å². The van der Waals surface area contributed by atoms with E-state index in [0.717, 1.165) is 45.1 Å². The summed E-state index contributed by atoms with van der Waals surface area (Å²) in [6.45, 7) is 4.13. The molecule has 10 rings (SSSR count). The van der Waals surface area contributed by atoms with Gasteiger partial charge in [0.1, 0.15) is 11.2 Å². The molecule has 1 unspecified atom stereocenters. The van der Waals surface area contributed by atoms with Gasteiger partial charge in [-0.2, -0.15) is 0 Å². The first-order valence-corrected chi connectivity index (χ1v) is 18.2. The number of anilines is 1. The molecule has 8 aromatic rings. The molecular formula is C49H39N3O. The molecule has 2 aliphatic carbocycles. The molecule has 3 N–H and O–H groups in total. The van der Waals surface area contributed by atoms with E-state index in [2.05, 4.69) is 115 Å². The maximum absolute atomic E-state index is 8.04. The highest BCUT2D eigenvalue weighted by Crippen LogP contribution is 2.39. The molecule has 0 spiro atoms. The van der Waals surface area contributed by atoms with E-state index in [9.17, 15) is 0 Å². The van der Waals surface area contributed by atoms with E-state index in [-0.39, 0.29) is 6.04 Å². The van der Waals surface area contributed by atoms with E-state index in [4.69, 9.17) is 15.6 Å². The number of aromatic nitrogens is 1. The number of fused-ring (bicyclic) bond motifs is 8. The molecule has 0 saturated carbocycles. The van der Waals surface area contributed by atoms with Crippen LogP contribution in [-0.4, -0.2) is 10.3 Å². The summed E-state index contributed by atoms with van der Waals surface area (Å²) >= 11 is 0. The number of nitrogens with two attached hydrogens (primary N) is 1. The molecule has 0 bridgehead atoms. The molecule has 2 aromatic heterocycles. The summed E-state index contributed by atoms with van der Waals surface area (Å²) in [7, 11) is 0. The second-order valence-corrected chi connectivity index (χ2v) is 13.9. The summed E-state index contributed by atoms with van der Waals surface area (Å²) in [5.74, 6) is 0. The Labute approximate surface area is 309 Å². The second kappa shape index (κ2) is 13.2. The lowest BCUT2D eigenvalue weighted by molar-refractivity contribution is 0.635. The van der Waals surface area contributed by atoms with Crippen molar-refractivity contribution in [3.8, 4) is 11.1 Å². The van der Waals surface area contributed by atoms with Gasteiger partial charge in [-0.1, -0.05) is 121 Å². The van der Waals surface area contributed by atoms with Gasteiger partial charge < -0.3 is 14.7 Å². The highest BCUT2D eigenvalue weighted by molar-refractivity contribution is 6.23. The van der Waals surface area contributed by atoms with Crippen LogP contribution in [0.3, 0.4) is 0 Å². The number of nitrogen functional groups attached to an aromatic ring is 1. The number of benzene rings is 6. The molecule has 0 aliphatic heterocycles. The number of allylic oxidation sites excluding steroid dienone is 6. The van der Waals surface area contributed by atoms with Crippen LogP contribution in [0.2, 0.25) is 0 Å². The van der Waals surface area contributed by atoms with Gasteiger partial charge in [0.2, 0.25) is 0 Å². The maximum atomic E-state index is 8.04. The van der Waals surface area contributed by atoms with E-state index in [1.54, 1.807) is 0 Å². The molecule has 4 nitrogen and oxygen atoms in total. The smallest absolute Gasteiger partial charge is 0.135 e. The summed E-state index contributed by atoms with van der Waals surface area (Å²) in [6, 6.07) is 43.4. The highest BCUT2D eigenvalue weighted by atomic mass is 16.3. The SMILES string of the molecule is C/C=C\C=C/C1=Cc2cccc(N)c2C1=N.Cc1ccc2c(c1)C=CC(n1c3ccccc3c3cc(-c4ccc5oc6ccccc6c5c4)ccc31)C2. The lowest BCUT2D eigenvalue weighted by Gasteiger charge is -2.23. The number of aryl methyl sites for hydroxylation is 1. The minimum atomic E-state index is 0.289. The summed E-state index contributed by atoms with van der Waals surface area (Å²) in [4.78, 5) is 0. The Kier molecular flexibility index (Phi) is 8.01. The maximum Gasteiger partial charge on any atom is 0.135 e. The van der Waals surface area contributed by atoms with Gasteiger partial charge in [-0.15, -0.1) is 0 Å². The minimum Gasteiger partial charge on any atom is -0.456 e. The summed E-state index contributed by atoms with van der Waals surface area (Å²) in [5, 5.41) is 13.0. The lowest BCUT2D eigenvalue weighted by atomic mass is 9.92. The van der Waals surface area contributed by atoms with Gasteiger partial charge in [-0.05, 0) is 96.6 Å². The number of hydrogen-bond acceptors (Lipinski definition) is 3. The average molecular weight is 686 g/mol. The van der Waals surface area contributed by atoms with Crippen LogP contribution >= 0.6 is 0 Å². The van der Waals surface area contributed by atoms with Crippen molar-refractivity contribution in [1.82, 2.24) is 4.57 Å². The summed E-state index contributed by atoms with van der Waals surface area (Å²) in [6.07, 6.45) is 15.4. The number of rotatable bonds is 4. The standard InChI is InChI=1S/C35H25NO.C14H14N2/c1-22-10-11-24-19-27(15-12-23(24)18-22)36-32-8-4-2-6-28(32)30-20-25(13-16-33(30)36)26-14-17-35-31(21-26)29-7-3-5-9-34(29)37-35;1-2-3-4-6-11-9-10-7-5-8-12(15)13(10)14(11)16/h2-18,20-21,27H,19H2,1H3;2-9,16H,15H2,1H3/b;3-2-,6-4-,16-14?. The Bertz CT molecular complexity index is 2870. The fourth-order valence-electron chi connectivity index (χ4n) is 7.97. The van der Waals surface area contributed by atoms with Gasteiger partial charge in [-0.25, -0.2) is 0 Å². The third-order valence-corrected chi connectivity index (χ3v) is 10.5. The third kappa shape index (κ3) is 5.69. The van der Waals surface area contributed by atoms with Gasteiger partial charge >= 0.3 is 0 Å². The monoisotopic (exact) mass is 685 g/mol. The van der Waals surface area contributed by atoms with Crippen molar-refractivity contribution in [3.05, 3.63) is 185 Å². The Morgan fingerprint density at radius 2 is 1.47 bits per heavy atom. The fourth-order valence-corrected chi connectivity index (χ4v) is 7.97. The number of para-hydroxylation sites is 2. The van der Waals surface area contributed by atoms with E-state index in [1.807, 2.05) is 67.6 Å². The zero-order valence-corrected chi connectivity index (χ0v) is 29.8. The molecule has 4 heteroatoms. The fraction of sp³-hybridized carbons (Fsp3) is 0.0816. The normalized spacial score (nSPS) is 15.1. The number of nitrogens with one attached hydrogen (secondary N) is 1. The van der Waals surface area contributed by atoms with Crippen LogP contribution in [0.15, 0.2) is 162 Å². The Hall–Kier alpha value is -6.65. The minimum absolute atomic E-state index is 0.289. The molecule has 1 atom stereocenters. The van der Waals surface area contributed by atoms with Crippen molar-refractivity contribution >= 4 is 67.3 Å². The van der Waals surface area contributed by atoms with E-state index >= 15 is 0 Å². The summed E-state index contributed by atoms with van der Waals surface area (Å²) < 4.78 is 8.59. The molecule has 0 saturated heterocycles. The molecule has 2 heterocycles. The quantitative estimate of drug-likeness (QED) is 0.143. The Morgan fingerprint density at radius 1 is 0.717 bits per heavy atom. The second-order valence-electron chi connectivity index (χ2n) is 13.9. The van der Waals surface area contributed by atoms with Crippen molar-refractivity contribution in [2.45, 2.75) is 26.3 Å². The van der Waals surface area contributed by atoms with E-state index < -0.39 is 0 Å². The zero-order valence-electron chi connectivity index (χ0n) is 29.8. The third-order valence-electron chi connectivity index (χ3n) is 10.5. The zero-order chi connectivity index (χ0) is 36.1. The topological polar surface area (TPSA) is 67.9 Å². The van der Waals surface area contributed by atoms with Crippen LogP contribution in [0.4, 0.5) is 5.69 Å². The van der Waals surface area contributed by atoms with Crippen LogP contribution in [-0.2, 0) is 6.42 Å². The Balaban J connectivity index is 0.000000196. The first kappa shape index (κ1) is 32.3. The number of hydrogen-bond donors (Lipinski definition) is 2.